The minimum atomic E-state index is 0.661. The van der Waals surface area contributed by atoms with E-state index in [2.05, 4.69) is 36.7 Å². The van der Waals surface area contributed by atoms with Crippen molar-refractivity contribution in [2.45, 2.75) is 47.5 Å². The molecule has 0 radical (unpaired) electrons. The van der Waals surface area contributed by atoms with Gasteiger partial charge in [-0.2, -0.15) is 5.26 Å². The van der Waals surface area contributed by atoms with Crippen LogP contribution in [0.25, 0.3) is 0 Å². The number of anilines is 1. The molecule has 0 unspecified atom stereocenters. The Bertz CT molecular complexity index is 456. The van der Waals surface area contributed by atoms with E-state index in [1.54, 1.807) is 0 Å². The fraction of sp³-hybridized carbons (Fsp3) is 0.625. The van der Waals surface area contributed by atoms with Crippen molar-refractivity contribution in [1.29, 1.82) is 5.26 Å². The Morgan fingerprint density at radius 3 is 2.37 bits per heavy atom. The molecule has 0 aliphatic heterocycles. The van der Waals surface area contributed by atoms with Crippen molar-refractivity contribution in [2.75, 3.05) is 18.0 Å². The van der Waals surface area contributed by atoms with Crippen molar-refractivity contribution in [3.05, 3.63) is 22.9 Å². The molecular formula is C16H25N3. The number of aromatic nitrogens is 1. The number of hydrogen-bond acceptors (Lipinski definition) is 3. The van der Waals surface area contributed by atoms with Crippen LogP contribution < -0.4 is 4.90 Å². The van der Waals surface area contributed by atoms with Crippen LogP contribution in [-0.2, 0) is 0 Å². The van der Waals surface area contributed by atoms with Crippen molar-refractivity contribution in [2.24, 2.45) is 5.92 Å². The molecule has 104 valence electrons. The van der Waals surface area contributed by atoms with Gasteiger partial charge in [0.25, 0.3) is 0 Å². The first kappa shape index (κ1) is 15.5. The molecule has 0 spiro atoms. The second kappa shape index (κ2) is 7.13. The summed E-state index contributed by atoms with van der Waals surface area (Å²) < 4.78 is 0. The summed E-state index contributed by atoms with van der Waals surface area (Å²) in [5.41, 5.74) is 2.72. The molecule has 0 bridgehead atoms. The Morgan fingerprint density at radius 1 is 1.26 bits per heavy atom. The van der Waals surface area contributed by atoms with Crippen LogP contribution in [0.15, 0.2) is 6.07 Å². The lowest BCUT2D eigenvalue weighted by molar-refractivity contribution is 0.484. The van der Waals surface area contributed by atoms with Gasteiger partial charge in [0.1, 0.15) is 11.9 Å². The van der Waals surface area contributed by atoms with E-state index >= 15 is 0 Å². The van der Waals surface area contributed by atoms with E-state index in [1.165, 1.54) is 12.8 Å². The third kappa shape index (κ3) is 3.70. The largest absolute Gasteiger partial charge is 0.356 e. The van der Waals surface area contributed by atoms with Crippen LogP contribution in [0.2, 0.25) is 0 Å². The van der Waals surface area contributed by atoms with Crippen LogP contribution in [-0.4, -0.2) is 18.1 Å². The van der Waals surface area contributed by atoms with Crippen molar-refractivity contribution < 1.29 is 0 Å². The fourth-order valence-electron chi connectivity index (χ4n) is 2.41. The van der Waals surface area contributed by atoms with Crippen LogP contribution in [0.3, 0.4) is 0 Å². The number of hydrogen-bond donors (Lipinski definition) is 0. The maximum Gasteiger partial charge on any atom is 0.147 e. The summed E-state index contributed by atoms with van der Waals surface area (Å²) in [6, 6.07) is 4.29. The van der Waals surface area contributed by atoms with Crippen LogP contribution in [0.1, 0.15) is 50.4 Å². The van der Waals surface area contributed by atoms with E-state index in [-0.39, 0.29) is 0 Å². The highest BCUT2D eigenvalue weighted by Crippen LogP contribution is 2.23. The van der Waals surface area contributed by atoms with Gasteiger partial charge < -0.3 is 4.90 Å². The molecule has 1 rings (SSSR count). The van der Waals surface area contributed by atoms with Crippen LogP contribution >= 0.6 is 0 Å². The molecule has 0 amide bonds. The molecule has 3 nitrogen and oxygen atoms in total. The van der Waals surface area contributed by atoms with Gasteiger partial charge in [-0.05, 0) is 38.3 Å². The normalized spacial score (nSPS) is 10.6. The average Bonchev–Trinajstić information content (AvgIpc) is 2.39. The predicted octanol–water partition coefficient (Wildman–Crippen LogP) is 3.83. The summed E-state index contributed by atoms with van der Waals surface area (Å²) in [6.07, 6.45) is 2.33. The van der Waals surface area contributed by atoms with Crippen LogP contribution in [0.4, 0.5) is 5.82 Å². The summed E-state index contributed by atoms with van der Waals surface area (Å²) in [4.78, 5) is 6.85. The Balaban J connectivity index is 3.14. The third-order valence-corrected chi connectivity index (χ3v) is 3.75. The van der Waals surface area contributed by atoms with Crippen molar-refractivity contribution in [3.63, 3.8) is 0 Å². The van der Waals surface area contributed by atoms with Gasteiger partial charge in [-0.3, -0.25) is 0 Å². The molecule has 0 aromatic carbocycles. The van der Waals surface area contributed by atoms with Gasteiger partial charge in [-0.15, -0.1) is 0 Å². The zero-order valence-corrected chi connectivity index (χ0v) is 12.8. The van der Waals surface area contributed by atoms with Crippen LogP contribution in [0, 0.1) is 31.1 Å². The Labute approximate surface area is 117 Å². The monoisotopic (exact) mass is 259 g/mol. The summed E-state index contributed by atoms with van der Waals surface area (Å²) in [6.45, 7) is 12.4. The van der Waals surface area contributed by atoms with Crippen molar-refractivity contribution in [3.8, 4) is 6.07 Å². The lowest BCUT2D eigenvalue weighted by Crippen LogP contribution is -2.30. The number of aryl methyl sites for hydroxylation is 2. The molecule has 0 aliphatic carbocycles. The topological polar surface area (TPSA) is 39.9 Å². The van der Waals surface area contributed by atoms with Crippen molar-refractivity contribution in [1.82, 2.24) is 4.98 Å². The standard InChI is InChI=1S/C16H25N3/c1-6-14(7-2)11-19(8-3)16-15(10-17)12(4)9-13(5)18-16/h9,14H,6-8,11H2,1-5H3. The van der Waals surface area contributed by atoms with Gasteiger partial charge >= 0.3 is 0 Å². The molecule has 0 aliphatic rings. The maximum absolute atomic E-state index is 9.37. The van der Waals surface area contributed by atoms with E-state index in [0.29, 0.717) is 5.92 Å². The lowest BCUT2D eigenvalue weighted by Gasteiger charge is -2.27. The second-order valence-corrected chi connectivity index (χ2v) is 5.11. The van der Waals surface area contributed by atoms with E-state index in [9.17, 15) is 5.26 Å². The van der Waals surface area contributed by atoms with Crippen LogP contribution in [0.5, 0.6) is 0 Å². The van der Waals surface area contributed by atoms with E-state index in [1.807, 2.05) is 19.9 Å². The first-order valence-electron chi connectivity index (χ1n) is 7.20. The molecular weight excluding hydrogens is 234 g/mol. The molecule has 19 heavy (non-hydrogen) atoms. The molecule has 0 atom stereocenters. The van der Waals surface area contributed by atoms with Gasteiger partial charge in [0.15, 0.2) is 0 Å². The minimum absolute atomic E-state index is 0.661. The summed E-state index contributed by atoms with van der Waals surface area (Å²) in [5.74, 6) is 1.52. The molecule has 0 N–H and O–H groups in total. The number of nitrogens with zero attached hydrogens (tertiary/aromatic N) is 3. The fourth-order valence-corrected chi connectivity index (χ4v) is 2.41. The molecule has 0 fully saturated rings. The van der Waals surface area contributed by atoms with E-state index < -0.39 is 0 Å². The Kier molecular flexibility index (Phi) is 5.82. The Hall–Kier alpha value is -1.56. The quantitative estimate of drug-likeness (QED) is 0.779. The number of nitriles is 1. The first-order chi connectivity index (χ1) is 9.07. The van der Waals surface area contributed by atoms with Gasteiger partial charge in [0, 0.05) is 18.8 Å². The zero-order chi connectivity index (χ0) is 14.4. The maximum atomic E-state index is 9.37. The Morgan fingerprint density at radius 2 is 1.89 bits per heavy atom. The second-order valence-electron chi connectivity index (χ2n) is 5.11. The first-order valence-corrected chi connectivity index (χ1v) is 7.20. The molecule has 1 aromatic rings. The van der Waals surface area contributed by atoms with Crippen molar-refractivity contribution >= 4 is 5.82 Å². The molecule has 1 heterocycles. The zero-order valence-electron chi connectivity index (χ0n) is 12.8. The van der Waals surface area contributed by atoms with Gasteiger partial charge in [0.05, 0.1) is 5.56 Å². The number of pyridine rings is 1. The minimum Gasteiger partial charge on any atom is -0.356 e. The highest BCUT2D eigenvalue weighted by atomic mass is 15.2. The van der Waals surface area contributed by atoms with Gasteiger partial charge in [-0.25, -0.2) is 4.98 Å². The van der Waals surface area contributed by atoms with Gasteiger partial charge in [-0.1, -0.05) is 26.7 Å². The molecule has 1 aromatic heterocycles. The third-order valence-electron chi connectivity index (χ3n) is 3.75. The summed E-state index contributed by atoms with van der Waals surface area (Å²) >= 11 is 0. The lowest BCUT2D eigenvalue weighted by atomic mass is 10.0. The highest BCUT2D eigenvalue weighted by Gasteiger charge is 2.17. The highest BCUT2D eigenvalue weighted by molar-refractivity contribution is 5.58. The number of rotatable bonds is 6. The van der Waals surface area contributed by atoms with E-state index in [0.717, 1.165) is 35.7 Å². The van der Waals surface area contributed by atoms with E-state index in [4.69, 9.17) is 0 Å². The van der Waals surface area contributed by atoms with Gasteiger partial charge in [0.2, 0.25) is 0 Å². The summed E-state index contributed by atoms with van der Waals surface area (Å²) in [5, 5.41) is 9.37. The molecule has 0 saturated heterocycles. The average molecular weight is 259 g/mol. The smallest absolute Gasteiger partial charge is 0.147 e. The molecule has 3 heteroatoms. The molecule has 0 saturated carbocycles. The predicted molar refractivity (Wildman–Crippen MR) is 80.4 cm³/mol. The SMILES string of the molecule is CCC(CC)CN(CC)c1nc(C)cc(C)c1C#N. The summed E-state index contributed by atoms with van der Waals surface area (Å²) in [7, 11) is 0.